The lowest BCUT2D eigenvalue weighted by atomic mass is 9.51. The van der Waals surface area contributed by atoms with Gasteiger partial charge in [0, 0.05) is 36.6 Å². The van der Waals surface area contributed by atoms with Gasteiger partial charge in [0.2, 0.25) is 5.91 Å². The number of ether oxygens (including phenoxy) is 1. The summed E-state index contributed by atoms with van der Waals surface area (Å²) in [6, 6.07) is 9.71. The lowest BCUT2D eigenvalue weighted by molar-refractivity contribution is -0.166. The maximum atomic E-state index is 14.1. The fourth-order valence-electron chi connectivity index (χ4n) is 6.65. The van der Waals surface area contributed by atoms with E-state index >= 15 is 0 Å². The van der Waals surface area contributed by atoms with Crippen molar-refractivity contribution in [3.8, 4) is 0 Å². The monoisotopic (exact) mass is 491 g/mol. The molecule has 1 amide bonds. The van der Waals surface area contributed by atoms with Gasteiger partial charge in [0.05, 0.1) is 6.10 Å². The Morgan fingerprint density at radius 3 is 2.50 bits per heavy atom. The molecule has 6 nitrogen and oxygen atoms in total. The second-order valence-corrected chi connectivity index (χ2v) is 10.7. The molecule has 6 heteroatoms. The molecule has 0 aromatic heterocycles. The van der Waals surface area contributed by atoms with Gasteiger partial charge in [-0.15, -0.1) is 0 Å². The molecule has 1 saturated heterocycles. The Hall–Kier alpha value is -2.99. The number of carbonyl (C=O) groups excluding carboxylic acids is 3. The lowest BCUT2D eigenvalue weighted by Crippen LogP contribution is -2.60. The van der Waals surface area contributed by atoms with Crippen molar-refractivity contribution in [2.45, 2.75) is 58.8 Å². The number of rotatable bonds is 3. The number of hydrogen-bond donors (Lipinski definition) is 2. The summed E-state index contributed by atoms with van der Waals surface area (Å²) < 4.78 is 5.88. The number of hydrogen-bond acceptors (Lipinski definition) is 5. The normalized spacial score (nSPS) is 40.3. The number of aliphatic hydroxyl groups is 1. The average molecular weight is 492 g/mol. The fourth-order valence-corrected chi connectivity index (χ4v) is 6.65. The molecule has 1 saturated carbocycles. The summed E-state index contributed by atoms with van der Waals surface area (Å²) >= 11 is 0. The first kappa shape index (κ1) is 26.1. The second-order valence-electron chi connectivity index (χ2n) is 10.7. The minimum Gasteiger partial charge on any atom is -0.457 e. The molecule has 0 radical (unpaired) electrons. The molecule has 2 N–H and O–H groups in total. The number of ketones is 1. The van der Waals surface area contributed by atoms with Gasteiger partial charge in [-0.1, -0.05) is 75.9 Å². The number of carbonyl (C=O) groups is 3. The molecule has 4 rings (SSSR count). The average Bonchev–Trinajstić information content (AvgIpc) is 3.13. The van der Waals surface area contributed by atoms with Crippen LogP contribution in [0, 0.1) is 35.0 Å². The summed E-state index contributed by atoms with van der Waals surface area (Å²) in [6.45, 7) is 11.2. The van der Waals surface area contributed by atoms with Gasteiger partial charge >= 0.3 is 5.97 Å². The van der Waals surface area contributed by atoms with Crippen molar-refractivity contribution >= 4 is 17.7 Å². The highest BCUT2D eigenvalue weighted by molar-refractivity contribution is 5.89. The highest BCUT2D eigenvalue weighted by atomic mass is 16.5. The summed E-state index contributed by atoms with van der Waals surface area (Å²) in [5.74, 6) is -2.49. The van der Waals surface area contributed by atoms with Crippen LogP contribution in [0.15, 0.2) is 66.8 Å². The molecule has 1 heterocycles. The van der Waals surface area contributed by atoms with Crippen LogP contribution >= 0.6 is 0 Å². The van der Waals surface area contributed by atoms with Crippen LogP contribution in [0.1, 0.15) is 39.7 Å². The third-order valence-corrected chi connectivity index (χ3v) is 8.49. The van der Waals surface area contributed by atoms with Crippen LogP contribution in [0.2, 0.25) is 0 Å². The number of esters is 1. The predicted molar refractivity (Wildman–Crippen MR) is 138 cm³/mol. The highest BCUT2D eigenvalue weighted by Gasteiger charge is 2.68. The van der Waals surface area contributed by atoms with Crippen LogP contribution in [-0.2, 0) is 25.5 Å². The van der Waals surface area contributed by atoms with Crippen LogP contribution in [0.25, 0.3) is 0 Å². The van der Waals surface area contributed by atoms with Gasteiger partial charge in [-0.05, 0) is 36.0 Å². The lowest BCUT2D eigenvalue weighted by Gasteiger charge is -2.52. The van der Waals surface area contributed by atoms with Crippen molar-refractivity contribution in [2.75, 3.05) is 0 Å². The van der Waals surface area contributed by atoms with Crippen molar-refractivity contribution in [2.24, 2.45) is 35.0 Å². The molecule has 2 fully saturated rings. The number of Topliss-reactive ketones (excluding diaryl/α,β-unsaturated/α-hetero) is 1. The molecule has 1 aromatic carbocycles. The van der Waals surface area contributed by atoms with Crippen LogP contribution in [0.4, 0.5) is 0 Å². The number of allylic oxidation sites excluding steroid dienone is 2. The minimum atomic E-state index is -1.26. The molecule has 1 spiro atoms. The molecule has 2 aliphatic carbocycles. The maximum absolute atomic E-state index is 14.1. The van der Waals surface area contributed by atoms with E-state index in [9.17, 15) is 19.5 Å². The molecule has 1 aromatic rings. The Kier molecular flexibility index (Phi) is 7.37. The topological polar surface area (TPSA) is 92.7 Å². The van der Waals surface area contributed by atoms with Crippen LogP contribution < -0.4 is 5.32 Å². The van der Waals surface area contributed by atoms with Crippen molar-refractivity contribution < 1.29 is 24.2 Å². The third-order valence-electron chi connectivity index (χ3n) is 8.49. The zero-order valence-electron chi connectivity index (χ0n) is 21.5. The number of benzene rings is 1. The SMILES string of the molecule is C=C1[C@@H](C)[C@H]2[C@H](Cc3ccccc3)NC(=O)[C@]23[C@H](OC(C)=O)/C=C/[C@H](C)C(=O)C(C)C/C=C/[C@H]3[C@@H]1O. The quantitative estimate of drug-likeness (QED) is 0.496. The van der Waals surface area contributed by atoms with Crippen molar-refractivity contribution in [1.29, 1.82) is 0 Å². The number of aliphatic hydroxyl groups excluding tert-OH is 1. The zero-order valence-corrected chi connectivity index (χ0v) is 21.5. The predicted octanol–water partition coefficient (Wildman–Crippen LogP) is 3.80. The van der Waals surface area contributed by atoms with E-state index in [4.69, 9.17) is 4.74 Å². The number of nitrogens with one attached hydrogen (secondary N) is 1. The minimum absolute atomic E-state index is 0.0764. The molecular weight excluding hydrogens is 454 g/mol. The Morgan fingerprint density at radius 2 is 1.83 bits per heavy atom. The Labute approximate surface area is 213 Å². The van der Waals surface area contributed by atoms with E-state index in [0.29, 0.717) is 18.4 Å². The first-order valence-corrected chi connectivity index (χ1v) is 12.9. The van der Waals surface area contributed by atoms with Gasteiger partial charge in [0.15, 0.2) is 0 Å². The van der Waals surface area contributed by atoms with Gasteiger partial charge < -0.3 is 15.2 Å². The molecular formula is C30H37NO5. The van der Waals surface area contributed by atoms with Crippen molar-refractivity contribution in [3.05, 3.63) is 72.4 Å². The van der Waals surface area contributed by atoms with E-state index in [1.54, 1.807) is 12.2 Å². The third kappa shape index (κ3) is 4.36. The molecule has 9 atom stereocenters. The van der Waals surface area contributed by atoms with E-state index < -0.39 is 35.4 Å². The van der Waals surface area contributed by atoms with Gasteiger partial charge in [0.25, 0.3) is 0 Å². The Morgan fingerprint density at radius 1 is 1.14 bits per heavy atom. The zero-order chi connectivity index (χ0) is 26.2. The first-order chi connectivity index (χ1) is 17.1. The molecule has 0 bridgehead atoms. The molecule has 3 aliphatic rings. The summed E-state index contributed by atoms with van der Waals surface area (Å²) in [7, 11) is 0. The van der Waals surface area contributed by atoms with Crippen LogP contribution in [-0.4, -0.2) is 41.0 Å². The Bertz CT molecular complexity index is 1090. The van der Waals surface area contributed by atoms with E-state index in [-0.39, 0.29) is 35.5 Å². The van der Waals surface area contributed by atoms with Gasteiger partial charge in [0.1, 0.15) is 17.3 Å². The summed E-state index contributed by atoms with van der Waals surface area (Å²) in [5.41, 5.74) is 0.493. The molecule has 1 aliphatic heterocycles. The first-order valence-electron chi connectivity index (χ1n) is 12.9. The molecule has 192 valence electrons. The maximum Gasteiger partial charge on any atom is 0.303 e. The van der Waals surface area contributed by atoms with Crippen molar-refractivity contribution in [3.63, 3.8) is 0 Å². The van der Waals surface area contributed by atoms with Gasteiger partial charge in [-0.25, -0.2) is 0 Å². The smallest absolute Gasteiger partial charge is 0.303 e. The highest BCUT2D eigenvalue weighted by Crippen LogP contribution is 2.58. The van der Waals surface area contributed by atoms with Gasteiger partial charge in [-0.2, -0.15) is 0 Å². The van der Waals surface area contributed by atoms with E-state index in [2.05, 4.69) is 11.9 Å². The summed E-state index contributed by atoms with van der Waals surface area (Å²) in [6.07, 6.45) is 6.34. The largest absolute Gasteiger partial charge is 0.457 e. The standard InChI is InChI=1S/C30H37NO5/c1-17-10-9-13-23-28(34)20(4)19(3)26-24(16-22-11-7-6-8-12-22)31-29(35)30(23,26)25(36-21(5)32)15-14-18(2)27(17)33/h6-9,11-15,17-19,23-26,28,34H,4,10,16H2,1-3,5H3,(H,31,35)/b13-9+,15-14+/t17?,18-,19+,23-,24-,25+,26-,28+,30+/m0/s1. The number of amides is 1. The molecule has 1 unspecified atom stereocenters. The second kappa shape index (κ2) is 10.2. The summed E-state index contributed by atoms with van der Waals surface area (Å²) in [4.78, 5) is 39.4. The van der Waals surface area contributed by atoms with E-state index in [0.717, 1.165) is 5.56 Å². The van der Waals surface area contributed by atoms with Crippen molar-refractivity contribution in [1.82, 2.24) is 5.32 Å². The van der Waals surface area contributed by atoms with Crippen LogP contribution in [0.5, 0.6) is 0 Å². The van der Waals surface area contributed by atoms with Gasteiger partial charge in [-0.3, -0.25) is 14.4 Å². The fraction of sp³-hybridized carbons (Fsp3) is 0.500. The van der Waals surface area contributed by atoms with E-state index in [1.807, 2.05) is 63.3 Å². The Balaban J connectivity index is 1.92. The summed E-state index contributed by atoms with van der Waals surface area (Å²) in [5, 5.41) is 14.7. The van der Waals surface area contributed by atoms with E-state index in [1.165, 1.54) is 6.92 Å². The van der Waals surface area contributed by atoms with Crippen LogP contribution in [0.3, 0.4) is 0 Å². The molecule has 36 heavy (non-hydrogen) atoms.